The second-order valence-corrected chi connectivity index (χ2v) is 4.62. The number of ether oxygens (including phenoxy) is 1. The summed E-state index contributed by atoms with van der Waals surface area (Å²) in [7, 11) is 1.64. The number of benzene rings is 1. The molecular weight excluding hydrogens is 234 g/mol. The van der Waals surface area contributed by atoms with Crippen LogP contribution in [0, 0.1) is 0 Å². The van der Waals surface area contributed by atoms with Crippen LogP contribution < -0.4 is 10.1 Å². The molecule has 1 atom stereocenters. The first kappa shape index (κ1) is 12.0. The molecule has 0 fully saturated rings. The number of thiophene rings is 1. The van der Waals surface area contributed by atoms with E-state index in [1.54, 1.807) is 18.4 Å². The molecule has 0 aliphatic heterocycles. The summed E-state index contributed by atoms with van der Waals surface area (Å²) in [5.41, 5.74) is 0.974. The van der Waals surface area contributed by atoms with Gasteiger partial charge in [-0.1, -0.05) is 6.07 Å². The van der Waals surface area contributed by atoms with E-state index in [0.29, 0.717) is 6.54 Å². The lowest BCUT2D eigenvalue weighted by Crippen LogP contribution is -2.10. The third-order valence-electron chi connectivity index (χ3n) is 2.46. The van der Waals surface area contributed by atoms with Crippen LogP contribution in [0.5, 0.6) is 5.75 Å². The van der Waals surface area contributed by atoms with Crippen molar-refractivity contribution in [3.05, 3.63) is 46.7 Å². The van der Waals surface area contributed by atoms with E-state index < -0.39 is 6.10 Å². The van der Waals surface area contributed by atoms with Crippen molar-refractivity contribution in [3.8, 4) is 5.75 Å². The first-order chi connectivity index (χ1) is 8.29. The molecule has 0 saturated carbocycles. The Morgan fingerprint density at radius 1 is 1.29 bits per heavy atom. The van der Waals surface area contributed by atoms with Crippen LogP contribution in [0.4, 0.5) is 5.69 Å². The van der Waals surface area contributed by atoms with E-state index in [-0.39, 0.29) is 0 Å². The molecule has 0 amide bonds. The van der Waals surface area contributed by atoms with Gasteiger partial charge in [0.1, 0.15) is 11.9 Å². The number of methoxy groups -OCH3 is 1. The van der Waals surface area contributed by atoms with Gasteiger partial charge in [-0.05, 0) is 35.7 Å². The highest BCUT2D eigenvalue weighted by Gasteiger charge is 2.07. The second kappa shape index (κ2) is 5.70. The lowest BCUT2D eigenvalue weighted by molar-refractivity contribution is 0.195. The van der Waals surface area contributed by atoms with Gasteiger partial charge in [-0.25, -0.2) is 0 Å². The zero-order valence-electron chi connectivity index (χ0n) is 9.59. The summed E-state index contributed by atoms with van der Waals surface area (Å²) in [6.45, 7) is 0.507. The number of aliphatic hydroxyl groups excluding tert-OH is 1. The number of nitrogens with one attached hydrogen (secondary N) is 1. The monoisotopic (exact) mass is 249 g/mol. The minimum atomic E-state index is -0.461. The normalized spacial score (nSPS) is 12.1. The van der Waals surface area contributed by atoms with E-state index in [9.17, 15) is 5.11 Å². The van der Waals surface area contributed by atoms with E-state index in [0.717, 1.165) is 16.3 Å². The van der Waals surface area contributed by atoms with Gasteiger partial charge in [0.25, 0.3) is 0 Å². The molecule has 17 heavy (non-hydrogen) atoms. The van der Waals surface area contributed by atoms with Crippen molar-refractivity contribution in [3.63, 3.8) is 0 Å². The third kappa shape index (κ3) is 3.22. The van der Waals surface area contributed by atoms with Gasteiger partial charge < -0.3 is 15.2 Å². The minimum Gasteiger partial charge on any atom is -0.497 e. The highest BCUT2D eigenvalue weighted by atomic mass is 32.1. The van der Waals surface area contributed by atoms with Crippen molar-refractivity contribution in [2.45, 2.75) is 6.10 Å². The molecule has 0 aliphatic carbocycles. The molecule has 0 spiro atoms. The predicted octanol–water partition coefficient (Wildman–Crippen LogP) is 2.90. The molecular formula is C13H15NO2S. The van der Waals surface area contributed by atoms with Crippen LogP contribution in [-0.4, -0.2) is 18.8 Å². The third-order valence-corrected chi connectivity index (χ3v) is 3.43. The van der Waals surface area contributed by atoms with Gasteiger partial charge in [-0.2, -0.15) is 0 Å². The van der Waals surface area contributed by atoms with E-state index in [4.69, 9.17) is 4.74 Å². The second-order valence-electron chi connectivity index (χ2n) is 3.64. The van der Waals surface area contributed by atoms with Gasteiger partial charge in [-0.3, -0.25) is 0 Å². The molecule has 3 nitrogen and oxygen atoms in total. The van der Waals surface area contributed by atoms with Crippen molar-refractivity contribution in [2.75, 3.05) is 19.0 Å². The van der Waals surface area contributed by atoms with Gasteiger partial charge in [0.05, 0.1) is 7.11 Å². The van der Waals surface area contributed by atoms with Crippen molar-refractivity contribution < 1.29 is 9.84 Å². The van der Waals surface area contributed by atoms with Crippen LogP contribution in [0.2, 0.25) is 0 Å². The van der Waals surface area contributed by atoms with Crippen LogP contribution in [0.1, 0.15) is 11.0 Å². The molecule has 0 bridgehead atoms. The Hall–Kier alpha value is -1.52. The molecule has 1 aromatic carbocycles. The first-order valence-corrected chi connectivity index (χ1v) is 6.27. The number of rotatable bonds is 5. The van der Waals surface area contributed by atoms with Gasteiger partial charge in [0.2, 0.25) is 0 Å². The number of hydrogen-bond acceptors (Lipinski definition) is 4. The van der Waals surface area contributed by atoms with Crippen LogP contribution in [0.25, 0.3) is 0 Å². The summed E-state index contributed by atoms with van der Waals surface area (Å²) < 4.78 is 5.08. The lowest BCUT2D eigenvalue weighted by Gasteiger charge is -2.11. The topological polar surface area (TPSA) is 41.5 Å². The van der Waals surface area contributed by atoms with E-state index >= 15 is 0 Å². The first-order valence-electron chi connectivity index (χ1n) is 5.39. The van der Waals surface area contributed by atoms with Crippen LogP contribution >= 0.6 is 11.3 Å². The highest BCUT2D eigenvalue weighted by molar-refractivity contribution is 7.10. The molecule has 0 radical (unpaired) electrons. The quantitative estimate of drug-likeness (QED) is 0.856. The maximum absolute atomic E-state index is 9.89. The highest BCUT2D eigenvalue weighted by Crippen LogP contribution is 2.20. The zero-order valence-corrected chi connectivity index (χ0v) is 10.4. The fourth-order valence-electron chi connectivity index (χ4n) is 1.50. The Morgan fingerprint density at radius 2 is 2.06 bits per heavy atom. The van der Waals surface area contributed by atoms with Gasteiger partial charge in [0.15, 0.2) is 0 Å². The molecule has 1 heterocycles. The smallest absolute Gasteiger partial charge is 0.119 e. The SMILES string of the molecule is COc1ccc(NC[C@H](O)c2cccs2)cc1. The molecule has 0 aliphatic rings. The molecule has 1 aromatic heterocycles. The van der Waals surface area contributed by atoms with Crippen molar-refractivity contribution >= 4 is 17.0 Å². The Labute approximate surface area is 105 Å². The van der Waals surface area contributed by atoms with Crippen molar-refractivity contribution in [1.29, 1.82) is 0 Å². The average Bonchev–Trinajstić information content (AvgIpc) is 2.90. The molecule has 90 valence electrons. The molecule has 2 N–H and O–H groups in total. The van der Waals surface area contributed by atoms with Gasteiger partial charge >= 0.3 is 0 Å². The summed E-state index contributed by atoms with van der Waals surface area (Å²) >= 11 is 1.56. The Morgan fingerprint density at radius 3 is 2.65 bits per heavy atom. The van der Waals surface area contributed by atoms with Crippen LogP contribution in [0.3, 0.4) is 0 Å². The maximum atomic E-state index is 9.89. The van der Waals surface area contributed by atoms with Crippen molar-refractivity contribution in [2.24, 2.45) is 0 Å². The molecule has 2 aromatic rings. The van der Waals surface area contributed by atoms with E-state index in [2.05, 4.69) is 5.32 Å². The zero-order chi connectivity index (χ0) is 12.1. The molecule has 0 unspecified atom stereocenters. The number of aliphatic hydroxyl groups is 1. The fraction of sp³-hybridized carbons (Fsp3) is 0.231. The number of hydrogen-bond donors (Lipinski definition) is 2. The maximum Gasteiger partial charge on any atom is 0.119 e. The van der Waals surface area contributed by atoms with E-state index in [1.165, 1.54) is 0 Å². The summed E-state index contributed by atoms with van der Waals surface area (Å²) in [4.78, 5) is 0.978. The van der Waals surface area contributed by atoms with E-state index in [1.807, 2.05) is 41.8 Å². The number of anilines is 1. The van der Waals surface area contributed by atoms with Crippen molar-refractivity contribution in [1.82, 2.24) is 0 Å². The average molecular weight is 249 g/mol. The van der Waals surface area contributed by atoms with Gasteiger partial charge in [0, 0.05) is 17.1 Å². The fourth-order valence-corrected chi connectivity index (χ4v) is 2.22. The summed E-state index contributed by atoms with van der Waals surface area (Å²) in [6.07, 6.45) is -0.461. The summed E-state index contributed by atoms with van der Waals surface area (Å²) in [6, 6.07) is 11.5. The molecule has 0 saturated heterocycles. The molecule has 2 rings (SSSR count). The van der Waals surface area contributed by atoms with Gasteiger partial charge in [-0.15, -0.1) is 11.3 Å². The summed E-state index contributed by atoms with van der Waals surface area (Å²) in [5, 5.41) is 15.0. The van der Waals surface area contributed by atoms with Crippen LogP contribution in [-0.2, 0) is 0 Å². The Kier molecular flexibility index (Phi) is 4.01. The standard InChI is InChI=1S/C13H15NO2S/c1-16-11-6-4-10(5-7-11)14-9-12(15)13-3-2-8-17-13/h2-8,12,14-15H,9H2,1H3/t12-/m0/s1. The minimum absolute atomic E-state index is 0.461. The van der Waals surface area contributed by atoms with Crippen LogP contribution in [0.15, 0.2) is 41.8 Å². The molecule has 4 heteroatoms. The Bertz CT molecular complexity index is 439. The summed E-state index contributed by atoms with van der Waals surface area (Å²) in [5.74, 6) is 0.828. The predicted molar refractivity (Wildman–Crippen MR) is 70.8 cm³/mol. The Balaban J connectivity index is 1.89. The lowest BCUT2D eigenvalue weighted by atomic mass is 10.2. The largest absolute Gasteiger partial charge is 0.497 e.